The number of rotatable bonds is 6. The Hall–Kier alpha value is -2.20. The smallest absolute Gasteiger partial charge is 0.230 e. The zero-order valence-corrected chi connectivity index (χ0v) is 15.1. The number of methoxy groups -OCH3 is 2. The van der Waals surface area contributed by atoms with Crippen LogP contribution in [0.25, 0.3) is 0 Å². The summed E-state index contributed by atoms with van der Waals surface area (Å²) in [7, 11) is 3.06. The number of benzene rings is 2. The third kappa shape index (κ3) is 4.20. The van der Waals surface area contributed by atoms with E-state index in [0.717, 1.165) is 5.56 Å². The lowest BCUT2D eigenvalue weighted by atomic mass is 9.84. The van der Waals surface area contributed by atoms with Gasteiger partial charge >= 0.3 is 0 Å². The Bertz CT molecular complexity index is 714. The normalized spacial score (nSPS) is 11.0. The molecule has 0 spiro atoms. The molecular formula is C19H22ClNO3. The summed E-state index contributed by atoms with van der Waals surface area (Å²) in [5, 5.41) is 3.35. The van der Waals surface area contributed by atoms with E-state index in [1.54, 1.807) is 12.1 Å². The van der Waals surface area contributed by atoms with E-state index in [1.807, 2.05) is 44.2 Å². The van der Waals surface area contributed by atoms with Crippen LogP contribution in [0, 0.1) is 5.41 Å². The molecule has 0 fully saturated rings. The molecular weight excluding hydrogens is 326 g/mol. The summed E-state index contributed by atoms with van der Waals surface area (Å²) in [6.45, 7) is 3.82. The Balaban J connectivity index is 2.22. The molecule has 0 atom stereocenters. The van der Waals surface area contributed by atoms with Gasteiger partial charge < -0.3 is 14.8 Å². The molecule has 128 valence electrons. The number of amides is 1. The average molecular weight is 348 g/mol. The van der Waals surface area contributed by atoms with Crippen molar-refractivity contribution >= 4 is 23.2 Å². The molecule has 2 rings (SSSR count). The molecule has 0 radical (unpaired) electrons. The van der Waals surface area contributed by atoms with E-state index >= 15 is 0 Å². The molecule has 24 heavy (non-hydrogen) atoms. The van der Waals surface area contributed by atoms with Crippen LogP contribution in [0.15, 0.2) is 42.5 Å². The highest BCUT2D eigenvalue weighted by molar-refractivity contribution is 6.32. The average Bonchev–Trinajstić information content (AvgIpc) is 2.56. The molecule has 1 N–H and O–H groups in total. The van der Waals surface area contributed by atoms with Gasteiger partial charge in [-0.25, -0.2) is 0 Å². The number of carbonyl (C=O) groups excluding carboxylic acids is 1. The van der Waals surface area contributed by atoms with E-state index in [-0.39, 0.29) is 5.91 Å². The van der Waals surface area contributed by atoms with Crippen LogP contribution in [0.1, 0.15) is 19.4 Å². The lowest BCUT2D eigenvalue weighted by Gasteiger charge is -2.24. The van der Waals surface area contributed by atoms with E-state index in [1.165, 1.54) is 14.2 Å². The van der Waals surface area contributed by atoms with Gasteiger partial charge in [-0.3, -0.25) is 4.79 Å². The summed E-state index contributed by atoms with van der Waals surface area (Å²) in [6, 6.07) is 13.2. The summed E-state index contributed by atoms with van der Waals surface area (Å²) >= 11 is 6.10. The van der Waals surface area contributed by atoms with Gasteiger partial charge in [0.15, 0.2) is 0 Å². The fraction of sp³-hybridized carbons (Fsp3) is 0.316. The van der Waals surface area contributed by atoms with Gasteiger partial charge in [-0.05, 0) is 12.0 Å². The Morgan fingerprint density at radius 2 is 1.71 bits per heavy atom. The van der Waals surface area contributed by atoms with Gasteiger partial charge in [0.1, 0.15) is 11.5 Å². The van der Waals surface area contributed by atoms with Crippen LogP contribution in [0.2, 0.25) is 5.02 Å². The Morgan fingerprint density at radius 1 is 1.08 bits per heavy atom. The molecule has 0 aliphatic heterocycles. The van der Waals surface area contributed by atoms with Gasteiger partial charge in [0, 0.05) is 17.5 Å². The first-order chi connectivity index (χ1) is 11.4. The molecule has 0 saturated carbocycles. The molecule has 1 amide bonds. The number of carbonyl (C=O) groups is 1. The second-order valence-electron chi connectivity index (χ2n) is 6.19. The summed E-state index contributed by atoms with van der Waals surface area (Å²) in [4.78, 5) is 12.8. The highest BCUT2D eigenvalue weighted by Gasteiger charge is 2.29. The number of hydrogen-bond acceptors (Lipinski definition) is 3. The van der Waals surface area contributed by atoms with Crippen LogP contribution >= 0.6 is 11.6 Å². The van der Waals surface area contributed by atoms with Gasteiger partial charge in [0.05, 0.1) is 24.9 Å². The van der Waals surface area contributed by atoms with Gasteiger partial charge in [-0.2, -0.15) is 0 Å². The van der Waals surface area contributed by atoms with Crippen molar-refractivity contribution in [2.45, 2.75) is 20.3 Å². The molecule has 0 bridgehead atoms. The zero-order valence-electron chi connectivity index (χ0n) is 14.4. The van der Waals surface area contributed by atoms with Crippen molar-refractivity contribution in [2.24, 2.45) is 5.41 Å². The first kappa shape index (κ1) is 18.1. The SMILES string of the molecule is COc1cc(NC(=O)C(C)(C)Cc2ccccc2)c(OC)cc1Cl. The Labute approximate surface area is 147 Å². The number of halogens is 1. The van der Waals surface area contributed by atoms with Crippen molar-refractivity contribution < 1.29 is 14.3 Å². The van der Waals surface area contributed by atoms with E-state index in [0.29, 0.717) is 28.6 Å². The lowest BCUT2D eigenvalue weighted by molar-refractivity contribution is -0.123. The minimum Gasteiger partial charge on any atom is -0.495 e. The van der Waals surface area contributed by atoms with Gasteiger partial charge in [0.25, 0.3) is 0 Å². The van der Waals surface area contributed by atoms with E-state index in [4.69, 9.17) is 21.1 Å². The lowest BCUT2D eigenvalue weighted by Crippen LogP contribution is -2.32. The third-order valence-corrected chi connectivity index (χ3v) is 4.12. The van der Waals surface area contributed by atoms with Gasteiger partial charge in [0.2, 0.25) is 5.91 Å². The fourth-order valence-electron chi connectivity index (χ4n) is 2.44. The predicted molar refractivity (Wildman–Crippen MR) is 97.1 cm³/mol. The van der Waals surface area contributed by atoms with E-state index < -0.39 is 5.41 Å². The molecule has 0 aromatic heterocycles. The first-order valence-electron chi connectivity index (χ1n) is 7.64. The summed E-state index contributed by atoms with van der Waals surface area (Å²) < 4.78 is 10.5. The number of anilines is 1. The monoisotopic (exact) mass is 347 g/mol. The summed E-state index contributed by atoms with van der Waals surface area (Å²) in [5.74, 6) is 0.868. The van der Waals surface area contributed by atoms with Crippen molar-refractivity contribution in [3.05, 3.63) is 53.1 Å². The maximum Gasteiger partial charge on any atom is 0.230 e. The zero-order chi connectivity index (χ0) is 17.7. The molecule has 0 saturated heterocycles. The van der Waals surface area contributed by atoms with Gasteiger partial charge in [-0.1, -0.05) is 55.8 Å². The van der Waals surface area contributed by atoms with E-state index in [9.17, 15) is 4.79 Å². The summed E-state index contributed by atoms with van der Waals surface area (Å²) in [6.07, 6.45) is 0.632. The Morgan fingerprint density at radius 3 is 2.29 bits per heavy atom. The van der Waals surface area contributed by atoms with Crippen LogP contribution in [0.3, 0.4) is 0 Å². The maximum absolute atomic E-state index is 12.8. The first-order valence-corrected chi connectivity index (χ1v) is 8.02. The molecule has 5 heteroatoms. The highest BCUT2D eigenvalue weighted by Crippen LogP contribution is 2.37. The molecule has 0 unspecified atom stereocenters. The van der Waals surface area contributed by atoms with Crippen LogP contribution in [0.4, 0.5) is 5.69 Å². The molecule has 0 heterocycles. The topological polar surface area (TPSA) is 47.6 Å². The minimum absolute atomic E-state index is 0.103. The second kappa shape index (κ2) is 7.58. The highest BCUT2D eigenvalue weighted by atomic mass is 35.5. The van der Waals surface area contributed by atoms with Crippen LogP contribution < -0.4 is 14.8 Å². The standard InChI is InChI=1S/C19H22ClNO3/c1-19(2,12-13-8-6-5-7-9-13)18(22)21-15-11-16(23-3)14(20)10-17(15)24-4/h5-11H,12H2,1-4H3,(H,21,22). The van der Waals surface area contributed by atoms with Crippen molar-refractivity contribution in [1.29, 1.82) is 0 Å². The quantitative estimate of drug-likeness (QED) is 0.833. The number of hydrogen-bond donors (Lipinski definition) is 1. The molecule has 0 aliphatic carbocycles. The maximum atomic E-state index is 12.8. The second-order valence-corrected chi connectivity index (χ2v) is 6.59. The molecule has 2 aromatic carbocycles. The van der Waals surface area contributed by atoms with Crippen molar-refractivity contribution in [2.75, 3.05) is 19.5 Å². The van der Waals surface area contributed by atoms with E-state index in [2.05, 4.69) is 5.32 Å². The van der Waals surface area contributed by atoms with Gasteiger partial charge in [-0.15, -0.1) is 0 Å². The number of ether oxygens (including phenoxy) is 2. The van der Waals surface area contributed by atoms with Crippen LogP contribution in [-0.4, -0.2) is 20.1 Å². The Kier molecular flexibility index (Phi) is 5.73. The third-order valence-electron chi connectivity index (χ3n) is 3.83. The minimum atomic E-state index is -0.584. The molecule has 4 nitrogen and oxygen atoms in total. The van der Waals surface area contributed by atoms with Crippen LogP contribution in [-0.2, 0) is 11.2 Å². The molecule has 2 aromatic rings. The number of nitrogens with one attached hydrogen (secondary N) is 1. The van der Waals surface area contributed by atoms with Crippen molar-refractivity contribution in [3.8, 4) is 11.5 Å². The fourth-order valence-corrected chi connectivity index (χ4v) is 2.67. The summed E-state index contributed by atoms with van der Waals surface area (Å²) in [5.41, 5.74) is 1.06. The van der Waals surface area contributed by atoms with Crippen molar-refractivity contribution in [1.82, 2.24) is 0 Å². The molecule has 0 aliphatic rings. The van der Waals surface area contributed by atoms with Crippen molar-refractivity contribution in [3.63, 3.8) is 0 Å². The van der Waals surface area contributed by atoms with Crippen LogP contribution in [0.5, 0.6) is 11.5 Å². The largest absolute Gasteiger partial charge is 0.495 e. The predicted octanol–water partition coefficient (Wildman–Crippen LogP) is 4.56.